The van der Waals surface area contributed by atoms with E-state index in [1.807, 2.05) is 52.0 Å². The predicted molar refractivity (Wildman–Crippen MR) is 98.4 cm³/mol. The van der Waals surface area contributed by atoms with Crippen molar-refractivity contribution in [3.63, 3.8) is 0 Å². The van der Waals surface area contributed by atoms with Crippen LogP contribution in [0.2, 0.25) is 0 Å². The first-order valence-corrected chi connectivity index (χ1v) is 8.31. The molecule has 24 heavy (non-hydrogen) atoms. The van der Waals surface area contributed by atoms with E-state index >= 15 is 0 Å². The number of nitrogens with zero attached hydrogens (tertiary/aromatic N) is 1. The third kappa shape index (κ3) is 4.92. The molecule has 0 bridgehead atoms. The normalized spacial score (nSPS) is 17.6. The molecule has 1 atom stereocenters. The second-order valence-electron chi connectivity index (χ2n) is 7.06. The number of carbonyl (C=O) groups excluding carboxylic acids is 2. The summed E-state index contributed by atoms with van der Waals surface area (Å²) in [6.07, 6.45) is 0.195. The SMILES string of the molecule is Cc1ccc(N2C[C@H](C(=O)NNC(=S)NC(C)(C)C)CC2=O)cc1. The van der Waals surface area contributed by atoms with E-state index in [9.17, 15) is 9.59 Å². The van der Waals surface area contributed by atoms with Crippen LogP contribution in [0, 0.1) is 12.8 Å². The Morgan fingerprint density at radius 3 is 2.42 bits per heavy atom. The van der Waals surface area contributed by atoms with Gasteiger partial charge in [0.15, 0.2) is 5.11 Å². The number of carbonyl (C=O) groups is 2. The van der Waals surface area contributed by atoms with E-state index in [-0.39, 0.29) is 23.8 Å². The highest BCUT2D eigenvalue weighted by Crippen LogP contribution is 2.25. The smallest absolute Gasteiger partial charge is 0.243 e. The fourth-order valence-electron chi connectivity index (χ4n) is 2.45. The van der Waals surface area contributed by atoms with Gasteiger partial charge in [0.25, 0.3) is 0 Å². The van der Waals surface area contributed by atoms with Gasteiger partial charge in [0.1, 0.15) is 0 Å². The fraction of sp³-hybridized carbons (Fsp3) is 0.471. The van der Waals surface area contributed by atoms with Gasteiger partial charge in [-0.15, -0.1) is 0 Å². The standard InChI is InChI=1S/C17H24N4O2S/c1-11-5-7-13(8-6-11)21-10-12(9-14(21)22)15(23)19-20-16(24)18-17(2,3)4/h5-8,12H,9-10H2,1-4H3,(H,19,23)(H2,18,20,24)/t12-/m1/s1. The zero-order valence-corrected chi connectivity index (χ0v) is 15.3. The quantitative estimate of drug-likeness (QED) is 0.560. The number of amides is 2. The molecule has 1 aromatic rings. The van der Waals surface area contributed by atoms with Crippen molar-refractivity contribution >= 4 is 34.8 Å². The molecule has 2 rings (SSSR count). The number of hydrazine groups is 1. The van der Waals surface area contributed by atoms with Crippen LogP contribution >= 0.6 is 12.2 Å². The first-order valence-electron chi connectivity index (χ1n) is 7.91. The van der Waals surface area contributed by atoms with Gasteiger partial charge in [-0.3, -0.25) is 20.4 Å². The summed E-state index contributed by atoms with van der Waals surface area (Å²) in [6, 6.07) is 7.70. The van der Waals surface area contributed by atoms with Crippen molar-refractivity contribution in [3.05, 3.63) is 29.8 Å². The molecule has 0 spiro atoms. The molecule has 1 saturated heterocycles. The summed E-state index contributed by atoms with van der Waals surface area (Å²) in [4.78, 5) is 26.1. The third-order valence-electron chi connectivity index (χ3n) is 3.63. The van der Waals surface area contributed by atoms with Crippen molar-refractivity contribution in [2.24, 2.45) is 5.92 Å². The Labute approximate surface area is 148 Å². The number of hydrogen-bond donors (Lipinski definition) is 3. The van der Waals surface area contributed by atoms with E-state index in [0.29, 0.717) is 11.7 Å². The average Bonchev–Trinajstić information content (AvgIpc) is 2.86. The molecule has 0 radical (unpaired) electrons. The number of nitrogens with one attached hydrogen (secondary N) is 3. The van der Waals surface area contributed by atoms with Crippen molar-refractivity contribution < 1.29 is 9.59 Å². The molecule has 0 aliphatic carbocycles. The van der Waals surface area contributed by atoms with Crippen molar-refractivity contribution in [2.75, 3.05) is 11.4 Å². The Balaban J connectivity index is 1.89. The summed E-state index contributed by atoms with van der Waals surface area (Å²) >= 11 is 5.12. The minimum atomic E-state index is -0.399. The highest BCUT2D eigenvalue weighted by atomic mass is 32.1. The molecule has 1 aliphatic heterocycles. The minimum absolute atomic E-state index is 0.0469. The van der Waals surface area contributed by atoms with Gasteiger partial charge in [-0.25, -0.2) is 0 Å². The van der Waals surface area contributed by atoms with E-state index in [1.165, 1.54) is 0 Å². The predicted octanol–water partition coefficient (Wildman–Crippen LogP) is 1.64. The van der Waals surface area contributed by atoms with Gasteiger partial charge in [-0.05, 0) is 52.0 Å². The largest absolute Gasteiger partial charge is 0.357 e. The maximum atomic E-state index is 12.3. The lowest BCUT2D eigenvalue weighted by Crippen LogP contribution is -2.53. The molecule has 7 heteroatoms. The highest BCUT2D eigenvalue weighted by molar-refractivity contribution is 7.80. The Kier molecular flexibility index (Phi) is 5.43. The van der Waals surface area contributed by atoms with Crippen molar-refractivity contribution in [1.82, 2.24) is 16.2 Å². The van der Waals surface area contributed by atoms with Crippen LogP contribution in [0.3, 0.4) is 0 Å². The van der Waals surface area contributed by atoms with Crippen LogP contribution in [0.15, 0.2) is 24.3 Å². The van der Waals surface area contributed by atoms with E-state index < -0.39 is 5.92 Å². The van der Waals surface area contributed by atoms with Crippen LogP contribution in [0.5, 0.6) is 0 Å². The molecule has 6 nitrogen and oxygen atoms in total. The van der Waals surface area contributed by atoms with Crippen LogP contribution in [0.25, 0.3) is 0 Å². The summed E-state index contributed by atoms with van der Waals surface area (Å²) in [7, 11) is 0. The van der Waals surface area contributed by atoms with E-state index in [1.54, 1.807) is 4.90 Å². The molecule has 3 N–H and O–H groups in total. The van der Waals surface area contributed by atoms with Gasteiger partial charge in [0.05, 0.1) is 5.92 Å². The Morgan fingerprint density at radius 2 is 1.83 bits per heavy atom. The monoisotopic (exact) mass is 348 g/mol. The molecular weight excluding hydrogens is 324 g/mol. The Hall–Kier alpha value is -2.15. The molecule has 0 saturated carbocycles. The van der Waals surface area contributed by atoms with E-state index in [2.05, 4.69) is 16.2 Å². The number of aryl methyl sites for hydroxylation is 1. The Bertz CT molecular complexity index is 637. The molecule has 1 aliphatic rings. The van der Waals surface area contributed by atoms with Crippen LogP contribution in [-0.2, 0) is 9.59 Å². The molecule has 2 amide bonds. The lowest BCUT2D eigenvalue weighted by Gasteiger charge is -2.23. The van der Waals surface area contributed by atoms with E-state index in [0.717, 1.165) is 11.3 Å². The maximum Gasteiger partial charge on any atom is 0.243 e. The molecule has 1 aromatic carbocycles. The lowest BCUT2D eigenvalue weighted by molar-refractivity contribution is -0.126. The van der Waals surface area contributed by atoms with Crippen molar-refractivity contribution in [1.29, 1.82) is 0 Å². The van der Waals surface area contributed by atoms with Crippen molar-refractivity contribution in [3.8, 4) is 0 Å². The maximum absolute atomic E-state index is 12.3. The van der Waals surface area contributed by atoms with Gasteiger partial charge in [-0.1, -0.05) is 17.7 Å². The fourth-order valence-corrected chi connectivity index (χ4v) is 2.81. The summed E-state index contributed by atoms with van der Waals surface area (Å²) in [5, 5.41) is 3.39. The zero-order valence-electron chi connectivity index (χ0n) is 14.5. The van der Waals surface area contributed by atoms with Crippen LogP contribution in [-0.4, -0.2) is 29.0 Å². The number of thiocarbonyl (C=S) groups is 1. The third-order valence-corrected chi connectivity index (χ3v) is 3.83. The summed E-state index contributed by atoms with van der Waals surface area (Å²) in [5.74, 6) is -0.686. The van der Waals surface area contributed by atoms with Crippen molar-refractivity contribution in [2.45, 2.75) is 39.7 Å². The second kappa shape index (κ2) is 7.17. The number of rotatable bonds is 2. The highest BCUT2D eigenvalue weighted by Gasteiger charge is 2.35. The van der Waals surface area contributed by atoms with Crippen LogP contribution < -0.4 is 21.1 Å². The van der Waals surface area contributed by atoms with Gasteiger partial charge in [0.2, 0.25) is 11.8 Å². The van der Waals surface area contributed by atoms with Gasteiger partial charge < -0.3 is 10.2 Å². The van der Waals surface area contributed by atoms with Crippen LogP contribution in [0.4, 0.5) is 5.69 Å². The second-order valence-corrected chi connectivity index (χ2v) is 7.47. The number of anilines is 1. The molecule has 1 fully saturated rings. The van der Waals surface area contributed by atoms with Gasteiger partial charge in [-0.2, -0.15) is 0 Å². The zero-order chi connectivity index (χ0) is 17.9. The summed E-state index contributed by atoms with van der Waals surface area (Å²) < 4.78 is 0. The summed E-state index contributed by atoms with van der Waals surface area (Å²) in [6.45, 7) is 8.27. The van der Waals surface area contributed by atoms with E-state index in [4.69, 9.17) is 12.2 Å². The van der Waals surface area contributed by atoms with Crippen LogP contribution in [0.1, 0.15) is 32.8 Å². The average molecular weight is 348 g/mol. The first kappa shape index (κ1) is 18.2. The topological polar surface area (TPSA) is 73.5 Å². The molecule has 0 unspecified atom stereocenters. The molecule has 130 valence electrons. The summed E-state index contributed by atoms with van der Waals surface area (Å²) in [5.41, 5.74) is 7.01. The molecule has 1 heterocycles. The Morgan fingerprint density at radius 1 is 1.21 bits per heavy atom. The number of hydrogen-bond acceptors (Lipinski definition) is 3. The van der Waals surface area contributed by atoms with Gasteiger partial charge >= 0.3 is 0 Å². The first-order chi connectivity index (χ1) is 11.2. The van der Waals surface area contributed by atoms with Gasteiger partial charge in [0, 0.05) is 24.2 Å². The molecule has 0 aromatic heterocycles. The number of benzene rings is 1. The minimum Gasteiger partial charge on any atom is -0.357 e. The molecular formula is C17H24N4O2S. The lowest BCUT2D eigenvalue weighted by atomic mass is 10.1.